The lowest BCUT2D eigenvalue weighted by atomic mass is 9.91. The summed E-state index contributed by atoms with van der Waals surface area (Å²) in [7, 11) is 1.70. The first kappa shape index (κ1) is 15.3. The van der Waals surface area contributed by atoms with Gasteiger partial charge in [-0.25, -0.2) is 0 Å². The summed E-state index contributed by atoms with van der Waals surface area (Å²) in [6, 6.07) is 9.32. The molecule has 2 N–H and O–H groups in total. The quantitative estimate of drug-likeness (QED) is 0.837. The van der Waals surface area contributed by atoms with Crippen molar-refractivity contribution in [2.45, 2.75) is 63.6 Å². The summed E-state index contributed by atoms with van der Waals surface area (Å²) in [5.74, 6) is 0.907. The first-order valence-corrected chi connectivity index (χ1v) is 7.81. The molecule has 1 atom stereocenters. The minimum Gasteiger partial charge on any atom is -0.497 e. The largest absolute Gasteiger partial charge is 0.497 e. The van der Waals surface area contributed by atoms with Gasteiger partial charge in [-0.1, -0.05) is 25.5 Å². The predicted molar refractivity (Wildman–Crippen MR) is 82.0 cm³/mol. The van der Waals surface area contributed by atoms with Crippen LogP contribution < -0.4 is 10.1 Å². The molecule has 0 bridgehead atoms. The molecule has 1 unspecified atom stereocenters. The molecule has 3 heteroatoms. The van der Waals surface area contributed by atoms with E-state index >= 15 is 0 Å². The SMILES string of the molecule is CCCC(NC1CCC(O)CC1)c1ccc(OC)cc1. The van der Waals surface area contributed by atoms with E-state index in [4.69, 9.17) is 4.74 Å². The normalized spacial score (nSPS) is 24.4. The highest BCUT2D eigenvalue weighted by molar-refractivity contribution is 5.29. The zero-order valence-corrected chi connectivity index (χ0v) is 12.6. The topological polar surface area (TPSA) is 41.5 Å². The highest BCUT2D eigenvalue weighted by Crippen LogP contribution is 2.26. The average Bonchev–Trinajstić information content (AvgIpc) is 2.49. The van der Waals surface area contributed by atoms with Crippen molar-refractivity contribution in [3.8, 4) is 5.75 Å². The van der Waals surface area contributed by atoms with E-state index in [1.807, 2.05) is 12.1 Å². The third-order valence-corrected chi connectivity index (χ3v) is 4.23. The summed E-state index contributed by atoms with van der Waals surface area (Å²) in [6.45, 7) is 2.23. The van der Waals surface area contributed by atoms with E-state index in [1.165, 1.54) is 12.0 Å². The minimum atomic E-state index is -0.0846. The molecule has 0 spiro atoms. The van der Waals surface area contributed by atoms with Gasteiger partial charge in [0.05, 0.1) is 13.2 Å². The summed E-state index contributed by atoms with van der Waals surface area (Å²) in [4.78, 5) is 0. The number of ether oxygens (including phenoxy) is 1. The van der Waals surface area contributed by atoms with Crippen LogP contribution >= 0.6 is 0 Å². The fraction of sp³-hybridized carbons (Fsp3) is 0.647. The monoisotopic (exact) mass is 277 g/mol. The summed E-state index contributed by atoms with van der Waals surface area (Å²) in [6.07, 6.45) is 6.25. The second kappa shape index (κ2) is 7.65. The molecule has 3 nitrogen and oxygen atoms in total. The molecule has 1 fully saturated rings. The molecule has 0 aliphatic heterocycles. The number of aliphatic hydroxyl groups is 1. The fourth-order valence-corrected chi connectivity index (χ4v) is 3.00. The molecular formula is C17H27NO2. The van der Waals surface area contributed by atoms with Gasteiger partial charge in [-0.15, -0.1) is 0 Å². The van der Waals surface area contributed by atoms with Crippen molar-refractivity contribution in [2.24, 2.45) is 0 Å². The van der Waals surface area contributed by atoms with E-state index < -0.39 is 0 Å². The standard InChI is InChI=1S/C17H27NO2/c1-3-4-17(13-5-11-16(20-2)12-6-13)18-14-7-9-15(19)10-8-14/h5-6,11-12,14-15,17-19H,3-4,7-10H2,1-2H3. The number of methoxy groups -OCH3 is 1. The lowest BCUT2D eigenvalue weighted by Gasteiger charge is -2.30. The molecule has 1 aromatic rings. The van der Waals surface area contributed by atoms with Gasteiger partial charge in [0, 0.05) is 12.1 Å². The Morgan fingerprint density at radius 1 is 1.20 bits per heavy atom. The summed E-state index contributed by atoms with van der Waals surface area (Å²) < 4.78 is 5.22. The second-order valence-corrected chi connectivity index (χ2v) is 5.79. The van der Waals surface area contributed by atoms with Gasteiger partial charge in [-0.05, 0) is 49.8 Å². The molecule has 1 aliphatic rings. The number of hydrogen-bond acceptors (Lipinski definition) is 3. The Bertz CT molecular complexity index is 382. The van der Waals surface area contributed by atoms with E-state index in [2.05, 4.69) is 24.4 Å². The van der Waals surface area contributed by atoms with Crippen LogP contribution in [-0.2, 0) is 0 Å². The molecule has 0 radical (unpaired) electrons. The summed E-state index contributed by atoms with van der Waals surface area (Å²) in [5.41, 5.74) is 1.33. The van der Waals surface area contributed by atoms with Gasteiger partial charge in [0.15, 0.2) is 0 Å². The van der Waals surface area contributed by atoms with Crippen molar-refractivity contribution in [1.82, 2.24) is 5.32 Å². The van der Waals surface area contributed by atoms with Gasteiger partial charge in [0.2, 0.25) is 0 Å². The van der Waals surface area contributed by atoms with Gasteiger partial charge < -0.3 is 15.2 Å². The maximum Gasteiger partial charge on any atom is 0.118 e. The van der Waals surface area contributed by atoms with Crippen molar-refractivity contribution in [2.75, 3.05) is 7.11 Å². The van der Waals surface area contributed by atoms with Crippen LogP contribution in [0.5, 0.6) is 5.75 Å². The number of hydrogen-bond donors (Lipinski definition) is 2. The number of rotatable bonds is 6. The van der Waals surface area contributed by atoms with Crippen molar-refractivity contribution in [3.05, 3.63) is 29.8 Å². The third kappa shape index (κ3) is 4.22. The van der Waals surface area contributed by atoms with Crippen LogP contribution in [0.4, 0.5) is 0 Å². The van der Waals surface area contributed by atoms with Crippen molar-refractivity contribution >= 4 is 0 Å². The first-order chi connectivity index (χ1) is 9.72. The van der Waals surface area contributed by atoms with Crippen LogP contribution in [0.25, 0.3) is 0 Å². The Kier molecular flexibility index (Phi) is 5.86. The van der Waals surface area contributed by atoms with E-state index in [-0.39, 0.29) is 6.10 Å². The lowest BCUT2D eigenvalue weighted by molar-refractivity contribution is 0.113. The number of nitrogens with one attached hydrogen (secondary N) is 1. The zero-order valence-electron chi connectivity index (χ0n) is 12.6. The van der Waals surface area contributed by atoms with Crippen LogP contribution in [-0.4, -0.2) is 24.4 Å². The van der Waals surface area contributed by atoms with Crippen molar-refractivity contribution < 1.29 is 9.84 Å². The van der Waals surface area contributed by atoms with Crippen LogP contribution in [0.1, 0.15) is 57.1 Å². The summed E-state index contributed by atoms with van der Waals surface area (Å²) >= 11 is 0. The van der Waals surface area contributed by atoms with E-state index in [1.54, 1.807) is 7.11 Å². The van der Waals surface area contributed by atoms with E-state index in [0.717, 1.165) is 37.9 Å². The highest BCUT2D eigenvalue weighted by atomic mass is 16.5. The van der Waals surface area contributed by atoms with Crippen molar-refractivity contribution in [1.29, 1.82) is 0 Å². The minimum absolute atomic E-state index is 0.0846. The van der Waals surface area contributed by atoms with Gasteiger partial charge in [-0.2, -0.15) is 0 Å². The molecule has 20 heavy (non-hydrogen) atoms. The van der Waals surface area contributed by atoms with Crippen LogP contribution in [0.15, 0.2) is 24.3 Å². The molecule has 112 valence electrons. The molecule has 0 amide bonds. The zero-order chi connectivity index (χ0) is 14.4. The van der Waals surface area contributed by atoms with E-state index in [9.17, 15) is 5.11 Å². The van der Waals surface area contributed by atoms with Crippen LogP contribution in [0.3, 0.4) is 0 Å². The average molecular weight is 277 g/mol. The Hall–Kier alpha value is -1.06. The fourth-order valence-electron chi connectivity index (χ4n) is 3.00. The molecule has 0 heterocycles. The number of benzene rings is 1. The Morgan fingerprint density at radius 3 is 2.40 bits per heavy atom. The van der Waals surface area contributed by atoms with Crippen molar-refractivity contribution in [3.63, 3.8) is 0 Å². The first-order valence-electron chi connectivity index (χ1n) is 7.81. The smallest absolute Gasteiger partial charge is 0.118 e. The second-order valence-electron chi connectivity index (χ2n) is 5.79. The molecular weight excluding hydrogens is 250 g/mol. The van der Waals surface area contributed by atoms with Gasteiger partial charge in [-0.3, -0.25) is 0 Å². The van der Waals surface area contributed by atoms with Gasteiger partial charge in [0.25, 0.3) is 0 Å². The Morgan fingerprint density at radius 2 is 1.85 bits per heavy atom. The van der Waals surface area contributed by atoms with Crippen LogP contribution in [0, 0.1) is 0 Å². The Balaban J connectivity index is 1.98. The van der Waals surface area contributed by atoms with Crippen LogP contribution in [0.2, 0.25) is 0 Å². The molecule has 2 rings (SSSR count). The Labute approximate surface area is 122 Å². The van der Waals surface area contributed by atoms with E-state index in [0.29, 0.717) is 12.1 Å². The highest BCUT2D eigenvalue weighted by Gasteiger charge is 2.22. The maximum atomic E-state index is 9.60. The third-order valence-electron chi connectivity index (χ3n) is 4.23. The molecule has 0 saturated heterocycles. The van der Waals surface area contributed by atoms with Gasteiger partial charge in [0.1, 0.15) is 5.75 Å². The molecule has 1 aliphatic carbocycles. The van der Waals surface area contributed by atoms with Gasteiger partial charge >= 0.3 is 0 Å². The lowest BCUT2D eigenvalue weighted by Crippen LogP contribution is -2.37. The predicted octanol–water partition coefficient (Wildman–Crippen LogP) is 3.43. The number of aliphatic hydroxyl groups excluding tert-OH is 1. The molecule has 1 aromatic carbocycles. The molecule has 1 saturated carbocycles. The molecule has 0 aromatic heterocycles. The maximum absolute atomic E-state index is 9.60. The summed E-state index contributed by atoms with van der Waals surface area (Å²) in [5, 5.41) is 13.4.